The number of carbonyl (C=O) groups is 4. The lowest BCUT2D eigenvalue weighted by Gasteiger charge is -2.12. The second-order valence-corrected chi connectivity index (χ2v) is 7.57. The van der Waals surface area contributed by atoms with E-state index in [4.69, 9.17) is 21.1 Å². The van der Waals surface area contributed by atoms with Gasteiger partial charge in [0.1, 0.15) is 0 Å². The number of alkyl halides is 3. The number of esters is 2. The third-order valence-corrected chi connectivity index (χ3v) is 4.66. The highest BCUT2D eigenvalue weighted by molar-refractivity contribution is 6.33. The van der Waals surface area contributed by atoms with Crippen molar-refractivity contribution >= 4 is 46.7 Å². The molecule has 35 heavy (non-hydrogen) atoms. The van der Waals surface area contributed by atoms with E-state index in [0.29, 0.717) is 30.3 Å². The minimum atomic E-state index is -4.63. The summed E-state index contributed by atoms with van der Waals surface area (Å²) in [5.74, 6) is -2.75. The van der Waals surface area contributed by atoms with Crippen molar-refractivity contribution in [3.8, 4) is 0 Å². The van der Waals surface area contributed by atoms with Crippen LogP contribution in [0.3, 0.4) is 0 Å². The summed E-state index contributed by atoms with van der Waals surface area (Å²) in [6, 6.07) is 8.38. The van der Waals surface area contributed by atoms with E-state index in [1.165, 1.54) is 24.3 Å². The molecule has 0 saturated carbocycles. The Labute approximate surface area is 203 Å². The van der Waals surface area contributed by atoms with Crippen molar-refractivity contribution in [2.45, 2.75) is 32.4 Å². The number of halogens is 4. The first kappa shape index (κ1) is 27.6. The smallest absolute Gasteiger partial charge is 0.416 e. The lowest BCUT2D eigenvalue weighted by atomic mass is 10.2. The summed E-state index contributed by atoms with van der Waals surface area (Å²) in [4.78, 5) is 47.5. The van der Waals surface area contributed by atoms with Crippen LogP contribution in [0.4, 0.5) is 24.5 Å². The molecule has 0 heterocycles. The molecule has 0 atom stereocenters. The van der Waals surface area contributed by atoms with Gasteiger partial charge in [0, 0.05) is 12.1 Å². The second kappa shape index (κ2) is 12.7. The summed E-state index contributed by atoms with van der Waals surface area (Å²) >= 11 is 5.79. The summed E-state index contributed by atoms with van der Waals surface area (Å²) in [5, 5.41) is 4.56. The van der Waals surface area contributed by atoms with E-state index in [2.05, 4.69) is 10.6 Å². The fraction of sp³-hybridized carbons (Fsp3) is 0.304. The molecule has 0 saturated heterocycles. The molecule has 0 aliphatic heterocycles. The zero-order valence-electron chi connectivity index (χ0n) is 18.5. The molecule has 2 amide bonds. The summed E-state index contributed by atoms with van der Waals surface area (Å²) < 4.78 is 48.1. The van der Waals surface area contributed by atoms with E-state index < -0.39 is 42.1 Å². The molecular weight excluding hydrogens is 493 g/mol. The third-order valence-electron chi connectivity index (χ3n) is 4.33. The molecule has 0 unspecified atom stereocenters. The van der Waals surface area contributed by atoms with Gasteiger partial charge in [-0.1, -0.05) is 18.5 Å². The summed E-state index contributed by atoms with van der Waals surface area (Å²) in [5.41, 5.74) is -0.574. The molecule has 2 aromatic rings. The van der Waals surface area contributed by atoms with E-state index in [9.17, 15) is 32.3 Å². The van der Waals surface area contributed by atoms with Gasteiger partial charge in [0.05, 0.1) is 34.9 Å². The van der Waals surface area contributed by atoms with Crippen LogP contribution in [0.15, 0.2) is 42.5 Å². The van der Waals surface area contributed by atoms with Crippen LogP contribution in [0.2, 0.25) is 5.02 Å². The standard InChI is InChI=1S/C23H22ClF3N2O6/c1-2-11-34-22(33)14-3-6-16(7-4-14)28-19(30)9-10-21(32)35-13-20(31)29-18-12-15(23(25,26)27)5-8-17(18)24/h3-8,12H,2,9-11,13H2,1H3,(H,28,30)(H,29,31). The average molecular weight is 515 g/mol. The highest BCUT2D eigenvalue weighted by Gasteiger charge is 2.31. The Morgan fingerprint density at radius 2 is 1.60 bits per heavy atom. The van der Waals surface area contributed by atoms with Gasteiger partial charge in [0.2, 0.25) is 5.91 Å². The van der Waals surface area contributed by atoms with E-state index in [-0.39, 0.29) is 23.6 Å². The van der Waals surface area contributed by atoms with Crippen LogP contribution in [-0.4, -0.2) is 37.0 Å². The molecule has 0 radical (unpaired) electrons. The van der Waals surface area contributed by atoms with Crippen LogP contribution in [0.1, 0.15) is 42.1 Å². The van der Waals surface area contributed by atoms with Crippen LogP contribution in [0, 0.1) is 0 Å². The Bertz CT molecular complexity index is 1070. The molecule has 0 fully saturated rings. The number of hydrogen-bond donors (Lipinski definition) is 2. The number of amides is 2. The number of hydrogen-bond acceptors (Lipinski definition) is 6. The van der Waals surface area contributed by atoms with Gasteiger partial charge in [-0.2, -0.15) is 13.2 Å². The second-order valence-electron chi connectivity index (χ2n) is 7.16. The largest absolute Gasteiger partial charge is 0.462 e. The van der Waals surface area contributed by atoms with Gasteiger partial charge >= 0.3 is 18.1 Å². The van der Waals surface area contributed by atoms with Crippen LogP contribution in [-0.2, 0) is 30.0 Å². The third kappa shape index (κ3) is 9.28. The molecule has 0 aliphatic rings. The number of nitrogens with one attached hydrogen (secondary N) is 2. The number of rotatable bonds is 10. The monoisotopic (exact) mass is 514 g/mol. The molecule has 0 bridgehead atoms. The van der Waals surface area contributed by atoms with Crippen LogP contribution >= 0.6 is 11.6 Å². The summed E-state index contributed by atoms with van der Waals surface area (Å²) in [7, 11) is 0. The minimum Gasteiger partial charge on any atom is -0.462 e. The molecule has 0 aliphatic carbocycles. The Balaban J connectivity index is 1.75. The molecule has 12 heteroatoms. The van der Waals surface area contributed by atoms with Gasteiger partial charge in [0.15, 0.2) is 6.61 Å². The predicted molar refractivity (Wildman–Crippen MR) is 121 cm³/mol. The fourth-order valence-electron chi connectivity index (χ4n) is 2.61. The SMILES string of the molecule is CCCOC(=O)c1ccc(NC(=O)CCC(=O)OCC(=O)Nc2cc(C(F)(F)F)ccc2Cl)cc1. The lowest BCUT2D eigenvalue weighted by Crippen LogP contribution is -2.22. The number of anilines is 2. The maximum Gasteiger partial charge on any atom is 0.416 e. The van der Waals surface area contributed by atoms with Crippen LogP contribution in [0.5, 0.6) is 0 Å². The van der Waals surface area contributed by atoms with Crippen molar-refractivity contribution in [1.29, 1.82) is 0 Å². The molecule has 2 N–H and O–H groups in total. The molecule has 0 spiro atoms. The Morgan fingerprint density at radius 3 is 2.23 bits per heavy atom. The van der Waals surface area contributed by atoms with E-state index in [1.54, 1.807) is 0 Å². The molecule has 2 aromatic carbocycles. The van der Waals surface area contributed by atoms with Gasteiger partial charge < -0.3 is 20.1 Å². The van der Waals surface area contributed by atoms with Crippen molar-refractivity contribution in [2.75, 3.05) is 23.8 Å². The zero-order valence-corrected chi connectivity index (χ0v) is 19.3. The number of carbonyl (C=O) groups excluding carboxylic acids is 4. The molecule has 8 nitrogen and oxygen atoms in total. The van der Waals surface area contributed by atoms with Crippen LogP contribution < -0.4 is 10.6 Å². The van der Waals surface area contributed by atoms with Crippen molar-refractivity contribution in [2.24, 2.45) is 0 Å². The Hall–Kier alpha value is -3.60. The predicted octanol–water partition coefficient (Wildman–Crippen LogP) is 4.83. The van der Waals surface area contributed by atoms with Gasteiger partial charge in [-0.3, -0.25) is 14.4 Å². The van der Waals surface area contributed by atoms with E-state index >= 15 is 0 Å². The highest BCUT2D eigenvalue weighted by Crippen LogP contribution is 2.33. The van der Waals surface area contributed by atoms with Gasteiger partial charge in [0.25, 0.3) is 5.91 Å². The highest BCUT2D eigenvalue weighted by atomic mass is 35.5. The fourth-order valence-corrected chi connectivity index (χ4v) is 2.77. The maximum atomic E-state index is 12.8. The van der Waals surface area contributed by atoms with Crippen molar-refractivity contribution in [3.05, 3.63) is 58.6 Å². The Kier molecular flexibility index (Phi) is 10.1. The van der Waals surface area contributed by atoms with E-state index in [0.717, 1.165) is 12.1 Å². The minimum absolute atomic E-state index is 0.125. The van der Waals surface area contributed by atoms with Crippen molar-refractivity contribution in [1.82, 2.24) is 0 Å². The quantitative estimate of drug-likeness (QED) is 0.439. The Morgan fingerprint density at radius 1 is 0.914 bits per heavy atom. The molecule has 2 rings (SSSR count). The zero-order chi connectivity index (χ0) is 26.0. The maximum absolute atomic E-state index is 12.8. The normalized spacial score (nSPS) is 10.9. The first-order chi connectivity index (χ1) is 16.5. The lowest BCUT2D eigenvalue weighted by molar-refractivity contribution is -0.147. The van der Waals surface area contributed by atoms with Crippen molar-refractivity contribution < 1.29 is 41.8 Å². The molecule has 188 valence electrons. The van der Waals surface area contributed by atoms with Crippen molar-refractivity contribution in [3.63, 3.8) is 0 Å². The van der Waals surface area contributed by atoms with Gasteiger partial charge in [-0.15, -0.1) is 0 Å². The first-order valence-corrected chi connectivity index (χ1v) is 10.8. The topological polar surface area (TPSA) is 111 Å². The average Bonchev–Trinajstić information content (AvgIpc) is 2.81. The summed E-state index contributed by atoms with van der Waals surface area (Å²) in [6.45, 7) is 1.39. The van der Waals surface area contributed by atoms with E-state index in [1.807, 2.05) is 6.92 Å². The first-order valence-electron chi connectivity index (χ1n) is 10.4. The summed E-state index contributed by atoms with van der Waals surface area (Å²) in [6.07, 6.45) is -4.53. The molecular formula is C23H22ClF3N2O6. The van der Waals surface area contributed by atoms with Crippen LogP contribution in [0.25, 0.3) is 0 Å². The number of ether oxygens (including phenoxy) is 2. The van der Waals surface area contributed by atoms with Gasteiger partial charge in [-0.25, -0.2) is 4.79 Å². The molecule has 0 aromatic heterocycles. The van der Waals surface area contributed by atoms with Gasteiger partial charge in [-0.05, 0) is 48.9 Å². The number of benzene rings is 2.